The normalized spacial score (nSPS) is 9.38. The van der Waals surface area contributed by atoms with Crippen molar-refractivity contribution < 1.29 is 152 Å². The fourth-order valence-electron chi connectivity index (χ4n) is 3.99. The Balaban J connectivity index is -0.0000000874. The summed E-state index contributed by atoms with van der Waals surface area (Å²) in [7, 11) is 34.6. The van der Waals surface area contributed by atoms with E-state index in [1.54, 1.807) is 301 Å². The van der Waals surface area contributed by atoms with E-state index in [1.807, 2.05) is 24.3 Å². The number of benzene rings is 1. The number of amidine groups is 8. The van der Waals surface area contributed by atoms with Crippen molar-refractivity contribution in [1.82, 2.24) is 54.6 Å². The van der Waals surface area contributed by atoms with Gasteiger partial charge in [0.1, 0.15) is 42.7 Å². The van der Waals surface area contributed by atoms with Crippen molar-refractivity contribution in [2.75, 3.05) is 226 Å². The Bertz CT molecular complexity index is 2290. The quantitative estimate of drug-likeness (QED) is 0.0390. The predicted molar refractivity (Wildman–Crippen MR) is 336 cm³/mol. The predicted octanol–water partition coefficient (Wildman–Crippen LogP) is -6.03. The molecule has 0 amide bonds. The van der Waals surface area contributed by atoms with Crippen molar-refractivity contribution in [3.8, 4) is 0 Å². The Kier molecular flexibility index (Phi) is 68.6. The molecular formula is C46H109F4N19O20P4. The third-order valence-electron chi connectivity index (χ3n) is 7.62. The fourth-order valence-corrected chi connectivity index (χ4v) is 3.99. The van der Waals surface area contributed by atoms with Crippen LogP contribution >= 0.6 is 31.6 Å². The van der Waals surface area contributed by atoms with Gasteiger partial charge in [-0.1, -0.05) is 12.1 Å². The molecule has 0 spiro atoms. The van der Waals surface area contributed by atoms with Gasteiger partial charge in [-0.3, -0.25) is 0 Å². The lowest BCUT2D eigenvalue weighted by atomic mass is 10.3. The highest BCUT2D eigenvalue weighted by Gasteiger charge is 2.09. The van der Waals surface area contributed by atoms with Crippen LogP contribution in [0.25, 0.3) is 11.0 Å². The SMILES string of the molecule is CN(C)C(O)=[N+](C)C.CN(C)C(O)=[N+](C)C.CN(C)C(O)=[N+](C)C.CN(C)C(O)=[N+](C)C.CN(C)C(O)=[N+](C)C.CN(C)C(O)=[N+](C)C.CN(C)C(O)=[N+](C)C.CN(C)C(O)=[N+](C)C.O=P([O-])([O-])F.O=P([O-])([O-])F.O=P([O-])([O-])F.O=P([O-])([O-])F.c1ccc2n[nH]nc2c1. The van der Waals surface area contributed by atoms with Crippen LogP contribution in [0.4, 0.5) is 16.8 Å². The summed E-state index contributed by atoms with van der Waals surface area (Å²) in [6.45, 7) is 0. The minimum atomic E-state index is -5.64. The lowest BCUT2D eigenvalue weighted by molar-refractivity contribution is -0.479. The van der Waals surface area contributed by atoms with Crippen LogP contribution in [-0.4, -0.2) is 406 Å². The topological polar surface area (TPSA) is 506 Å². The summed E-state index contributed by atoms with van der Waals surface area (Å²) >= 11 is 0. The Labute approximate surface area is 545 Å². The largest absolute Gasteiger partial charge is 0.786 e. The molecule has 0 aliphatic heterocycles. The van der Waals surface area contributed by atoms with E-state index < -0.39 is 31.6 Å². The van der Waals surface area contributed by atoms with E-state index in [2.05, 4.69) is 15.4 Å². The standard InChI is InChI=1S/C6H5N3.8C5H12N2O.4FH2O3P/c1-2-4-6-5(3-1)7-9-8-6;8*1-6(2)5(8)7(3)4;4*1-5(2,3)4/h1-4H,(H,7,8,9);8*1-4H3;4*(H2,2,3,4). The summed E-state index contributed by atoms with van der Waals surface area (Å²) in [5.41, 5.74) is 1.83. The van der Waals surface area contributed by atoms with Crippen LogP contribution in [0.2, 0.25) is 0 Å². The number of hydrogen-bond donors (Lipinski definition) is 9. The molecule has 0 aliphatic carbocycles. The number of aromatic amines is 1. The lowest BCUT2D eigenvalue weighted by Gasteiger charge is -2.15. The molecule has 2 aromatic rings. The zero-order chi connectivity index (χ0) is 78.0. The minimum absolute atomic E-state index is 0.269. The first-order valence-corrected chi connectivity index (χ1v) is 31.0. The molecule has 0 saturated carbocycles. The molecule has 0 saturated heterocycles. The third-order valence-corrected chi connectivity index (χ3v) is 7.62. The number of aliphatic hydroxyl groups is 8. The molecule has 0 fully saturated rings. The van der Waals surface area contributed by atoms with Crippen LogP contribution in [0.1, 0.15) is 0 Å². The Hall–Kier alpha value is -6.90. The molecule has 0 bridgehead atoms. The summed E-state index contributed by atoms with van der Waals surface area (Å²) in [5.74, 6) is 0. The van der Waals surface area contributed by atoms with Crippen LogP contribution < -0.4 is 39.1 Å². The maximum atomic E-state index is 10.1. The number of para-hydroxylation sites is 2. The number of fused-ring (bicyclic) bond motifs is 1. The molecule has 1 heterocycles. The number of rotatable bonds is 0. The average Bonchev–Trinajstić information content (AvgIpc) is 3.85. The van der Waals surface area contributed by atoms with Crippen LogP contribution in [0.3, 0.4) is 0 Å². The zero-order valence-electron chi connectivity index (χ0n) is 59.6. The Morgan fingerprint density at radius 1 is 0.301 bits per heavy atom. The molecule has 0 radical (unpaired) electrons. The molecule has 2 rings (SSSR count). The highest BCUT2D eigenvalue weighted by atomic mass is 31.2. The van der Waals surface area contributed by atoms with Crippen LogP contribution in [-0.2, 0) is 18.3 Å². The van der Waals surface area contributed by atoms with E-state index in [-0.39, 0.29) is 48.2 Å². The molecule has 47 heteroatoms. The zero-order valence-corrected chi connectivity index (χ0v) is 63.2. The summed E-state index contributed by atoms with van der Waals surface area (Å²) in [6.07, 6.45) is 0. The van der Waals surface area contributed by atoms with Gasteiger partial charge in [-0.25, -0.2) is 92.6 Å². The van der Waals surface area contributed by atoms with Crippen molar-refractivity contribution in [2.45, 2.75) is 0 Å². The van der Waals surface area contributed by atoms with Gasteiger partial charge in [0.25, 0.3) is 0 Å². The van der Waals surface area contributed by atoms with Gasteiger partial charge < -0.3 is 98.3 Å². The van der Waals surface area contributed by atoms with E-state index in [0.29, 0.717) is 0 Å². The van der Waals surface area contributed by atoms with Gasteiger partial charge in [0.05, 0.1) is 226 Å². The molecule has 1 aromatic heterocycles. The maximum absolute atomic E-state index is 10.1. The van der Waals surface area contributed by atoms with E-state index in [9.17, 15) is 16.8 Å². The molecule has 556 valence electrons. The van der Waals surface area contributed by atoms with Crippen LogP contribution in [0.5, 0.6) is 0 Å². The molecule has 39 nitrogen and oxygen atoms in total. The van der Waals surface area contributed by atoms with Gasteiger partial charge in [0, 0.05) is 0 Å². The third kappa shape index (κ3) is 107. The number of nitrogens with zero attached hydrogens (tertiary/aromatic N) is 18. The lowest BCUT2D eigenvalue weighted by Crippen LogP contribution is -2.28. The highest BCUT2D eigenvalue weighted by Crippen LogP contribution is 2.23. The molecule has 0 atom stereocenters. The molecule has 0 aliphatic rings. The summed E-state index contributed by atoms with van der Waals surface area (Å²) in [6, 6.07) is 9.85. The van der Waals surface area contributed by atoms with Crippen molar-refractivity contribution in [3.63, 3.8) is 0 Å². The summed E-state index contributed by atoms with van der Waals surface area (Å²) in [4.78, 5) is 80.6. The second-order valence-corrected chi connectivity index (χ2v) is 23.7. The average molecular weight is 1450 g/mol. The van der Waals surface area contributed by atoms with Gasteiger partial charge in [0.2, 0.25) is 0 Å². The molecule has 9 N–H and O–H groups in total. The number of nitrogens with one attached hydrogen (secondary N) is 1. The van der Waals surface area contributed by atoms with Gasteiger partial charge in [0.15, 0.2) is 0 Å². The monoisotopic (exact) mass is 1450 g/mol. The van der Waals surface area contributed by atoms with Crippen molar-refractivity contribution >= 4 is 90.8 Å². The van der Waals surface area contributed by atoms with Gasteiger partial charge >= 0.3 is 48.2 Å². The number of halogens is 4. The van der Waals surface area contributed by atoms with Gasteiger partial charge in [-0.15, -0.1) is 0 Å². The summed E-state index contributed by atoms with van der Waals surface area (Å²) < 4.78 is 87.4. The molecule has 93 heavy (non-hydrogen) atoms. The molecule has 0 unspecified atom stereocenters. The first-order chi connectivity index (χ1) is 40.9. The van der Waals surface area contributed by atoms with E-state index in [1.165, 1.54) is 0 Å². The van der Waals surface area contributed by atoms with Crippen LogP contribution in [0, 0.1) is 0 Å². The van der Waals surface area contributed by atoms with E-state index in [4.69, 9.17) is 98.3 Å². The second-order valence-electron chi connectivity index (χ2n) is 20.2. The first-order valence-electron chi connectivity index (χ1n) is 25.3. The second kappa shape index (κ2) is 57.7. The van der Waals surface area contributed by atoms with Gasteiger partial charge in [-0.2, -0.15) is 15.4 Å². The number of H-pyrrole nitrogens is 1. The maximum Gasteiger partial charge on any atom is 0.442 e. The number of aromatic nitrogens is 3. The minimum Gasteiger partial charge on any atom is -0.786 e. The van der Waals surface area contributed by atoms with Crippen molar-refractivity contribution in [2.24, 2.45) is 0 Å². The first kappa shape index (κ1) is 111. The number of aliphatic hydroxyl groups excluding tert-OH is 8. The van der Waals surface area contributed by atoms with Gasteiger partial charge in [-0.05, 0) is 12.1 Å². The van der Waals surface area contributed by atoms with Crippen molar-refractivity contribution in [1.29, 1.82) is 0 Å². The molecular weight excluding hydrogens is 1340 g/mol. The Morgan fingerprint density at radius 3 is 0.441 bits per heavy atom. The highest BCUT2D eigenvalue weighted by molar-refractivity contribution is 7.43. The smallest absolute Gasteiger partial charge is 0.442 e. The van der Waals surface area contributed by atoms with Crippen LogP contribution in [0.15, 0.2) is 24.3 Å². The summed E-state index contributed by atoms with van der Waals surface area (Å²) in [5, 5.41) is 82.1. The molecule has 1 aromatic carbocycles. The van der Waals surface area contributed by atoms with Crippen molar-refractivity contribution in [3.05, 3.63) is 24.3 Å². The Morgan fingerprint density at radius 2 is 0.387 bits per heavy atom. The fraction of sp³-hybridized carbons (Fsp3) is 0.696. The van der Waals surface area contributed by atoms with E-state index in [0.717, 1.165) is 11.0 Å². The van der Waals surface area contributed by atoms with E-state index >= 15 is 0 Å². The number of hydrogen-bond acceptors (Lipinski definition) is 14.